The van der Waals surface area contributed by atoms with Gasteiger partial charge in [-0.3, -0.25) is 19.6 Å². The fourth-order valence-electron chi connectivity index (χ4n) is 17.0. The maximum absolute atomic E-state index is 15.4. The summed E-state index contributed by atoms with van der Waals surface area (Å²) in [5.74, 6) is 0. The molecule has 0 atom stereocenters. The van der Waals surface area contributed by atoms with E-state index in [1.54, 1.807) is 0 Å². The minimum atomic E-state index is -0.335. The van der Waals surface area contributed by atoms with Gasteiger partial charge in [0.25, 0.3) is 13.4 Å². The molecular weight excluding hydrogens is 972 g/mol. The predicted molar refractivity (Wildman–Crippen MR) is 342 cm³/mol. The van der Waals surface area contributed by atoms with Crippen LogP contribution in [0.2, 0.25) is 0 Å². The van der Waals surface area contributed by atoms with Gasteiger partial charge in [0, 0.05) is 32.7 Å². The molecule has 4 aromatic heterocycles. The van der Waals surface area contributed by atoms with Gasteiger partial charge in [-0.1, -0.05) is 186 Å². The first-order valence-corrected chi connectivity index (χ1v) is 28.5. The first-order chi connectivity index (χ1) is 38.5. The highest BCUT2D eigenvalue weighted by Gasteiger charge is 2.49. The quantitative estimate of drug-likeness (QED) is 0.171. The third-order valence-corrected chi connectivity index (χ3v) is 19.3. The van der Waals surface area contributed by atoms with Gasteiger partial charge in [0.15, 0.2) is 10.9 Å². The van der Waals surface area contributed by atoms with Crippen LogP contribution in [0.3, 0.4) is 0 Å². The number of fused-ring (bicyclic) bond motifs is 3. The van der Waals surface area contributed by atoms with E-state index in [1.807, 2.05) is 24.3 Å². The van der Waals surface area contributed by atoms with E-state index < -0.39 is 0 Å². The largest absolute Gasteiger partial charge is 0.309 e. The molecule has 0 amide bonds. The van der Waals surface area contributed by atoms with Crippen LogP contribution in [-0.2, 0) is 0 Å². The lowest BCUT2D eigenvalue weighted by molar-refractivity contribution is 1.15. The van der Waals surface area contributed by atoms with Crippen LogP contribution in [0.5, 0.6) is 0 Å². The molecule has 4 aliphatic heterocycles. The third-order valence-electron chi connectivity index (χ3n) is 19.3. The van der Waals surface area contributed by atoms with Crippen LogP contribution in [0.15, 0.2) is 131 Å². The highest BCUT2D eigenvalue weighted by atomic mass is 16.1. The molecule has 80 heavy (non-hydrogen) atoms. The molecule has 8 aromatic carbocycles. The fraction of sp³-hybridized carbons (Fsp3) is 0.171. The Bertz CT molecular complexity index is 4660. The van der Waals surface area contributed by atoms with Crippen LogP contribution in [0.25, 0.3) is 66.0 Å². The number of hydrogen-bond acceptors (Lipinski definition) is 4. The lowest BCUT2D eigenvalue weighted by Gasteiger charge is -2.41. The second-order valence-corrected chi connectivity index (χ2v) is 24.5. The molecule has 380 valence electrons. The molecule has 0 unspecified atom stereocenters. The zero-order valence-corrected chi connectivity index (χ0v) is 47.5. The number of nitrogens with zero attached hydrogens (tertiary/aromatic N) is 4. The summed E-state index contributed by atoms with van der Waals surface area (Å²) in [6, 6.07) is 44.2. The molecule has 12 aromatic rings. The van der Waals surface area contributed by atoms with Gasteiger partial charge in [-0.05, 0) is 140 Å². The molecule has 16 rings (SSSR count). The van der Waals surface area contributed by atoms with Crippen molar-refractivity contribution in [3.05, 3.63) is 209 Å². The van der Waals surface area contributed by atoms with Gasteiger partial charge in [-0.2, -0.15) is 0 Å². The molecule has 10 heteroatoms. The second kappa shape index (κ2) is 16.1. The molecule has 0 spiro atoms. The Morgan fingerprint density at radius 1 is 0.312 bits per heavy atom. The van der Waals surface area contributed by atoms with Crippen molar-refractivity contribution in [2.24, 2.45) is 0 Å². The average molecular weight is 1030 g/mol. The fourth-order valence-corrected chi connectivity index (χ4v) is 17.0. The van der Waals surface area contributed by atoms with E-state index in [2.05, 4.69) is 189 Å². The summed E-state index contributed by atoms with van der Waals surface area (Å²) in [6.45, 7) is 25.5. The molecule has 6 nitrogen and oxygen atoms in total. The van der Waals surface area contributed by atoms with Gasteiger partial charge < -0.3 is 9.13 Å². The molecule has 0 saturated carbocycles. The monoisotopic (exact) mass is 1030 g/mol. The first kappa shape index (κ1) is 47.5. The van der Waals surface area contributed by atoms with Gasteiger partial charge in [0.1, 0.15) is 0 Å². The number of rotatable bonds is 4. The maximum atomic E-state index is 15.4. The number of benzene rings is 8. The molecule has 0 radical (unpaired) electrons. The number of aromatic nitrogens is 4. The van der Waals surface area contributed by atoms with Crippen molar-refractivity contribution in [1.29, 1.82) is 0 Å². The van der Waals surface area contributed by atoms with Crippen LogP contribution in [0.4, 0.5) is 0 Å². The van der Waals surface area contributed by atoms with Crippen LogP contribution >= 0.6 is 0 Å². The van der Waals surface area contributed by atoms with Crippen LogP contribution in [0, 0.1) is 83.1 Å². The lowest BCUT2D eigenvalue weighted by atomic mass is 9.29. The number of hydrogen-bond donors (Lipinski definition) is 0. The van der Waals surface area contributed by atoms with E-state index in [0.29, 0.717) is 21.5 Å². The van der Waals surface area contributed by atoms with Gasteiger partial charge in [-0.25, -0.2) is 0 Å². The van der Waals surface area contributed by atoms with E-state index in [-0.39, 0.29) is 37.7 Å². The molecule has 8 heterocycles. The predicted octanol–water partition coefficient (Wildman–Crippen LogP) is 5.56. The number of aryl methyl sites for hydroxylation is 12. The zero-order valence-electron chi connectivity index (χ0n) is 47.5. The summed E-state index contributed by atoms with van der Waals surface area (Å²) in [4.78, 5) is 43.7. The Morgan fingerprint density at radius 3 is 0.812 bits per heavy atom. The molecule has 0 bridgehead atoms. The Balaban J connectivity index is 1.23. The van der Waals surface area contributed by atoms with Crippen molar-refractivity contribution in [2.75, 3.05) is 0 Å². The van der Waals surface area contributed by atoms with E-state index in [0.717, 1.165) is 88.4 Å². The van der Waals surface area contributed by atoms with Crippen molar-refractivity contribution in [2.45, 2.75) is 83.1 Å². The van der Waals surface area contributed by atoms with Crippen molar-refractivity contribution in [3.63, 3.8) is 0 Å². The Hall–Kier alpha value is -8.48. The Morgan fingerprint density at radius 2 is 0.550 bits per heavy atom. The van der Waals surface area contributed by atoms with Gasteiger partial charge in [-0.15, -0.1) is 0 Å². The minimum Gasteiger partial charge on any atom is -0.309 e. The molecule has 0 aliphatic carbocycles. The highest BCUT2D eigenvalue weighted by Crippen LogP contribution is 2.34. The van der Waals surface area contributed by atoms with Crippen LogP contribution in [0.1, 0.15) is 66.8 Å². The standard InChI is InChI=1S/C70H56B4N4O2/c1-33-25-37(5)53(38(6)26-33)71-49-21-13-17-45-61(49)77-63-47(67(45)79)19-15-23-51(63)73(55-41(9)29-35(3)30-42(55)10)69-65(77)57(71)59-60(76-69)58-66-70(75-59)74(56-43(11)31-36(4)32-44(56)12)52-24-16-20-48-64(52)78(66)62-46(68(48)80)18-14-22-50(62)72(58)54-39(7)27-34(2)28-40(54)8/h13-32H,1-12H3. The van der Waals surface area contributed by atoms with Crippen LogP contribution < -0.4 is 76.7 Å². The summed E-state index contributed by atoms with van der Waals surface area (Å²) in [6.07, 6.45) is 0. The van der Waals surface area contributed by atoms with Gasteiger partial charge in [0.2, 0.25) is 13.4 Å². The summed E-state index contributed by atoms with van der Waals surface area (Å²) in [7, 11) is 0. The molecule has 0 fully saturated rings. The minimum absolute atomic E-state index is 0.0499. The van der Waals surface area contributed by atoms with E-state index in [1.165, 1.54) is 88.6 Å². The van der Waals surface area contributed by atoms with Crippen molar-refractivity contribution >= 4 is 147 Å². The van der Waals surface area contributed by atoms with E-state index in [4.69, 9.17) is 9.97 Å². The smallest absolute Gasteiger partial charge is 0.270 e. The summed E-state index contributed by atoms with van der Waals surface area (Å²) >= 11 is 0. The molecule has 4 aliphatic rings. The van der Waals surface area contributed by atoms with Crippen molar-refractivity contribution < 1.29 is 0 Å². The SMILES string of the molecule is Cc1cc(C)c(B2c3nc4c5c6c(nc4c4c3-n3c7c2cccc7c(=O)c2cccc(c23)B4c2c(C)cc(C)cc2C)B(c2c(C)cc(C)cc2C)c2cccc3c(=O)c4cccc(c4n-6c23)B5c2c(C)cc(C)cc2C)c(C)c1. The summed E-state index contributed by atoms with van der Waals surface area (Å²) in [5.41, 5.74) is 35.5. The number of pyridine rings is 4. The first-order valence-electron chi connectivity index (χ1n) is 28.5. The Labute approximate surface area is 466 Å². The van der Waals surface area contributed by atoms with Crippen molar-refractivity contribution in [3.8, 4) is 11.4 Å². The Kier molecular flexibility index (Phi) is 9.56. The summed E-state index contributed by atoms with van der Waals surface area (Å²) < 4.78 is 4.92. The maximum Gasteiger partial charge on any atom is 0.270 e. The zero-order chi connectivity index (χ0) is 55.0. The van der Waals surface area contributed by atoms with Gasteiger partial charge >= 0.3 is 0 Å². The molecule has 0 N–H and O–H groups in total. The highest BCUT2D eigenvalue weighted by molar-refractivity contribution is 7.05. The van der Waals surface area contributed by atoms with E-state index in [9.17, 15) is 0 Å². The van der Waals surface area contributed by atoms with Gasteiger partial charge in [0.05, 0.1) is 44.5 Å². The lowest BCUT2D eigenvalue weighted by Crippen LogP contribution is -2.68. The molecular formula is C70H56B4N4O2. The topological polar surface area (TPSA) is 69.8 Å². The number of para-hydroxylation sites is 4. The summed E-state index contributed by atoms with van der Waals surface area (Å²) in [5, 5.41) is 2.84. The van der Waals surface area contributed by atoms with E-state index >= 15 is 9.59 Å². The van der Waals surface area contributed by atoms with Crippen LogP contribution in [-0.4, -0.2) is 46.0 Å². The third kappa shape index (κ3) is 5.88. The van der Waals surface area contributed by atoms with Crippen molar-refractivity contribution in [1.82, 2.24) is 19.1 Å². The average Bonchev–Trinajstić information content (AvgIpc) is 3.59. The normalized spacial score (nSPS) is 13.5. The second-order valence-electron chi connectivity index (χ2n) is 24.5. The molecule has 0 saturated heterocycles.